The van der Waals surface area contributed by atoms with Crippen molar-refractivity contribution < 1.29 is 18.0 Å². The molecule has 1 unspecified atom stereocenters. The number of nitrogens with zero attached hydrogens (tertiary/aromatic N) is 2. The van der Waals surface area contributed by atoms with Crippen LogP contribution in [-0.4, -0.2) is 21.8 Å². The van der Waals surface area contributed by atoms with E-state index in [-0.39, 0.29) is 11.9 Å². The number of thiazole rings is 1. The number of aryl methyl sites for hydroxylation is 1. The van der Waals surface area contributed by atoms with Crippen LogP contribution >= 0.6 is 11.3 Å². The van der Waals surface area contributed by atoms with Crippen molar-refractivity contribution in [2.24, 2.45) is 0 Å². The minimum Gasteiger partial charge on any atom is -0.328 e. The zero-order valence-corrected chi connectivity index (χ0v) is 14.1. The number of amides is 1. The fourth-order valence-corrected chi connectivity index (χ4v) is 3.33. The van der Waals surface area contributed by atoms with Crippen LogP contribution in [0.1, 0.15) is 52.4 Å². The molecule has 1 aromatic carbocycles. The molecule has 24 heavy (non-hydrogen) atoms. The van der Waals surface area contributed by atoms with Gasteiger partial charge in [-0.3, -0.25) is 4.79 Å². The minimum atomic E-state index is -4.39. The first-order valence-electron chi connectivity index (χ1n) is 7.69. The summed E-state index contributed by atoms with van der Waals surface area (Å²) in [5, 5.41) is 2.49. The van der Waals surface area contributed by atoms with Crippen molar-refractivity contribution in [2.45, 2.75) is 44.9 Å². The van der Waals surface area contributed by atoms with Crippen molar-refractivity contribution in [2.75, 3.05) is 0 Å². The number of aromatic nitrogens is 1. The third kappa shape index (κ3) is 3.45. The molecule has 128 valence electrons. The largest absolute Gasteiger partial charge is 0.416 e. The van der Waals surface area contributed by atoms with E-state index in [9.17, 15) is 18.0 Å². The molecule has 0 radical (unpaired) electrons. The fraction of sp³-hybridized carbons (Fsp3) is 0.412. The Labute approximate surface area is 142 Å². The Hall–Kier alpha value is -1.89. The summed E-state index contributed by atoms with van der Waals surface area (Å²) < 4.78 is 38.8. The van der Waals surface area contributed by atoms with Gasteiger partial charge in [-0.15, -0.1) is 11.3 Å². The molecule has 1 amide bonds. The number of carbonyl (C=O) groups is 1. The molecule has 0 aliphatic heterocycles. The number of hydrogen-bond donors (Lipinski definition) is 0. The Kier molecular flexibility index (Phi) is 4.38. The van der Waals surface area contributed by atoms with Crippen LogP contribution in [0.2, 0.25) is 0 Å². The Morgan fingerprint density at radius 3 is 2.62 bits per heavy atom. The first-order chi connectivity index (χ1) is 11.3. The van der Waals surface area contributed by atoms with Crippen LogP contribution in [0.4, 0.5) is 13.2 Å². The van der Waals surface area contributed by atoms with Crippen LogP contribution in [0, 0.1) is 6.92 Å². The second kappa shape index (κ2) is 6.20. The van der Waals surface area contributed by atoms with E-state index >= 15 is 0 Å². The highest BCUT2D eigenvalue weighted by Gasteiger charge is 2.38. The van der Waals surface area contributed by atoms with Gasteiger partial charge in [0.15, 0.2) is 0 Å². The Morgan fingerprint density at radius 2 is 2.08 bits per heavy atom. The average molecular weight is 354 g/mol. The van der Waals surface area contributed by atoms with Crippen LogP contribution in [0.15, 0.2) is 29.6 Å². The fourth-order valence-electron chi connectivity index (χ4n) is 2.74. The first kappa shape index (κ1) is 17.0. The molecule has 1 aromatic heterocycles. The topological polar surface area (TPSA) is 33.2 Å². The average Bonchev–Trinajstić information content (AvgIpc) is 3.26. The van der Waals surface area contributed by atoms with Gasteiger partial charge in [-0.2, -0.15) is 13.2 Å². The molecule has 1 aliphatic rings. The molecule has 1 fully saturated rings. The van der Waals surface area contributed by atoms with Crippen molar-refractivity contribution in [1.29, 1.82) is 0 Å². The second-order valence-corrected chi connectivity index (χ2v) is 7.06. The summed E-state index contributed by atoms with van der Waals surface area (Å²) in [7, 11) is 0. The molecule has 2 aromatic rings. The van der Waals surface area contributed by atoms with Crippen LogP contribution < -0.4 is 0 Å². The molecular formula is C17H17F3N2OS. The number of rotatable bonds is 4. The summed E-state index contributed by atoms with van der Waals surface area (Å²) in [5.41, 5.74) is 0.153. The highest BCUT2D eigenvalue weighted by Crippen LogP contribution is 2.37. The normalized spacial score (nSPS) is 16.0. The van der Waals surface area contributed by atoms with E-state index in [2.05, 4.69) is 4.98 Å². The smallest absolute Gasteiger partial charge is 0.328 e. The van der Waals surface area contributed by atoms with E-state index in [0.29, 0.717) is 11.3 Å². The van der Waals surface area contributed by atoms with Crippen molar-refractivity contribution >= 4 is 17.2 Å². The lowest BCUT2D eigenvalue weighted by Crippen LogP contribution is -2.35. The molecular weight excluding hydrogens is 337 g/mol. The molecule has 1 heterocycles. The van der Waals surface area contributed by atoms with Gasteiger partial charge in [0, 0.05) is 11.4 Å². The minimum absolute atomic E-state index is 0.0732. The summed E-state index contributed by atoms with van der Waals surface area (Å²) in [6, 6.07) is 4.83. The van der Waals surface area contributed by atoms with E-state index < -0.39 is 17.8 Å². The number of alkyl halides is 3. The van der Waals surface area contributed by atoms with Gasteiger partial charge in [-0.05, 0) is 44.4 Å². The summed E-state index contributed by atoms with van der Waals surface area (Å²) in [6.45, 7) is 3.59. The number of hydrogen-bond acceptors (Lipinski definition) is 3. The maximum Gasteiger partial charge on any atom is 0.416 e. The maximum absolute atomic E-state index is 12.9. The highest BCUT2D eigenvalue weighted by atomic mass is 32.1. The van der Waals surface area contributed by atoms with Crippen LogP contribution in [0.5, 0.6) is 0 Å². The van der Waals surface area contributed by atoms with E-state index in [1.165, 1.54) is 17.4 Å². The van der Waals surface area contributed by atoms with Crippen LogP contribution in [0.3, 0.4) is 0 Å². The Bertz CT molecular complexity index is 752. The lowest BCUT2D eigenvalue weighted by atomic mass is 10.0. The molecule has 1 aliphatic carbocycles. The predicted octanol–water partition coefficient (Wildman–Crippen LogP) is 4.84. The summed E-state index contributed by atoms with van der Waals surface area (Å²) >= 11 is 1.39. The van der Waals surface area contributed by atoms with Crippen molar-refractivity contribution in [3.05, 3.63) is 51.5 Å². The van der Waals surface area contributed by atoms with E-state index in [4.69, 9.17) is 0 Å². The van der Waals surface area contributed by atoms with E-state index in [0.717, 1.165) is 30.0 Å². The lowest BCUT2D eigenvalue weighted by molar-refractivity contribution is -0.137. The van der Waals surface area contributed by atoms with Crippen molar-refractivity contribution in [3.8, 4) is 0 Å². The monoisotopic (exact) mass is 354 g/mol. The highest BCUT2D eigenvalue weighted by molar-refractivity contribution is 7.09. The van der Waals surface area contributed by atoms with Gasteiger partial charge in [0.25, 0.3) is 5.91 Å². The third-order valence-electron chi connectivity index (χ3n) is 4.13. The van der Waals surface area contributed by atoms with Gasteiger partial charge >= 0.3 is 6.18 Å². The van der Waals surface area contributed by atoms with Crippen LogP contribution in [-0.2, 0) is 6.18 Å². The first-order valence-corrected chi connectivity index (χ1v) is 8.57. The second-order valence-electron chi connectivity index (χ2n) is 5.99. The van der Waals surface area contributed by atoms with Crippen molar-refractivity contribution in [3.63, 3.8) is 0 Å². The maximum atomic E-state index is 12.9. The van der Waals surface area contributed by atoms with Gasteiger partial charge in [0.2, 0.25) is 0 Å². The molecule has 0 bridgehead atoms. The number of halogens is 3. The zero-order valence-electron chi connectivity index (χ0n) is 13.3. The van der Waals surface area contributed by atoms with Gasteiger partial charge in [-0.25, -0.2) is 4.98 Å². The van der Waals surface area contributed by atoms with Gasteiger partial charge in [0.05, 0.1) is 16.6 Å². The van der Waals surface area contributed by atoms with Crippen molar-refractivity contribution in [1.82, 2.24) is 9.88 Å². The molecule has 7 heteroatoms. The quantitative estimate of drug-likeness (QED) is 0.787. The summed E-state index contributed by atoms with van der Waals surface area (Å²) in [5.74, 6) is -0.216. The molecule has 0 saturated heterocycles. The summed E-state index contributed by atoms with van der Waals surface area (Å²) in [6.07, 6.45) is -2.65. The molecule has 0 spiro atoms. The number of benzene rings is 1. The zero-order chi connectivity index (χ0) is 17.5. The predicted molar refractivity (Wildman–Crippen MR) is 85.9 cm³/mol. The van der Waals surface area contributed by atoms with Gasteiger partial charge < -0.3 is 4.90 Å². The number of carbonyl (C=O) groups excluding carboxylic acids is 1. The molecule has 1 atom stereocenters. The van der Waals surface area contributed by atoms with Crippen LogP contribution in [0.25, 0.3) is 0 Å². The standard InChI is InChI=1S/C17H17F3N2OS/c1-10(12-4-3-5-13(8-12)17(18,19)20)22(14-6-7-14)16(23)15-9-24-11(2)21-15/h3-5,8-10,14H,6-7H2,1-2H3. The van der Waals surface area contributed by atoms with Gasteiger partial charge in [0.1, 0.15) is 5.69 Å². The molecule has 1 saturated carbocycles. The lowest BCUT2D eigenvalue weighted by Gasteiger charge is -2.29. The van der Waals surface area contributed by atoms with E-state index in [1.54, 1.807) is 23.3 Å². The SMILES string of the molecule is Cc1nc(C(=O)N(C2CC2)C(C)c2cccc(C(F)(F)F)c2)cs1. The Balaban J connectivity index is 1.90. The van der Waals surface area contributed by atoms with Gasteiger partial charge in [-0.1, -0.05) is 12.1 Å². The third-order valence-corrected chi connectivity index (χ3v) is 4.90. The molecule has 0 N–H and O–H groups in total. The molecule has 3 rings (SSSR count). The summed E-state index contributed by atoms with van der Waals surface area (Å²) in [4.78, 5) is 18.7. The Morgan fingerprint density at radius 1 is 1.38 bits per heavy atom. The van der Waals surface area contributed by atoms with E-state index in [1.807, 2.05) is 6.92 Å². The molecule has 3 nitrogen and oxygen atoms in total.